The smallest absolute Gasteiger partial charge is 0.242 e. The van der Waals surface area contributed by atoms with E-state index < -0.39 is 23.4 Å². The monoisotopic (exact) mass is 474 g/mol. The summed E-state index contributed by atoms with van der Waals surface area (Å²) in [6, 6.07) is 4.75. The summed E-state index contributed by atoms with van der Waals surface area (Å²) in [5, 5.41) is 9.46. The molecule has 33 heavy (non-hydrogen) atoms. The number of aryl methyl sites for hydroxylation is 2. The number of anilines is 2. The number of hydrogen-bond acceptors (Lipinski definition) is 6. The average Bonchev–Trinajstić information content (AvgIpc) is 3.48. The van der Waals surface area contributed by atoms with Crippen molar-refractivity contribution in [1.82, 2.24) is 19.1 Å². The van der Waals surface area contributed by atoms with E-state index in [1.54, 1.807) is 16.2 Å². The second-order valence-corrected chi connectivity index (χ2v) is 10.2. The van der Waals surface area contributed by atoms with Gasteiger partial charge in [0.1, 0.15) is 10.8 Å². The number of benzene rings is 1. The van der Waals surface area contributed by atoms with Crippen molar-refractivity contribution >= 4 is 22.5 Å². The van der Waals surface area contributed by atoms with Gasteiger partial charge in [-0.25, -0.2) is 17.9 Å². The maximum Gasteiger partial charge on any atom is 0.242 e. The first-order chi connectivity index (χ1) is 16.0. The Bertz CT molecular complexity index is 1180. The molecule has 1 saturated heterocycles. The minimum absolute atomic E-state index is 0.141. The van der Waals surface area contributed by atoms with Gasteiger partial charge in [-0.1, -0.05) is 6.07 Å². The standard InChI is InChI=1S/C23H25F3N6S/c1-12-9-18(33-30-12)31-10-13-4-5-14(11-31)21(13)27-23-28-22-16(3-2-8-32(22)29-23)15-6-7-17(24)20(26)19(15)25/h6-7,9,13-14,16,21H,2-5,8,10-11H2,1H3,(H,27,29)/t13-,14+,16?,21-. The molecule has 0 radical (unpaired) electrons. The van der Waals surface area contributed by atoms with Gasteiger partial charge in [-0.2, -0.15) is 9.36 Å². The Morgan fingerprint density at radius 1 is 1.06 bits per heavy atom. The largest absolute Gasteiger partial charge is 0.361 e. The normalized spacial score (nSPS) is 26.5. The molecule has 6 nitrogen and oxygen atoms in total. The van der Waals surface area contributed by atoms with Crippen LogP contribution >= 0.6 is 11.5 Å². The van der Waals surface area contributed by atoms with Gasteiger partial charge in [0.2, 0.25) is 5.95 Å². The Kier molecular flexibility index (Phi) is 5.08. The van der Waals surface area contributed by atoms with Crippen molar-refractivity contribution in [3.63, 3.8) is 0 Å². The van der Waals surface area contributed by atoms with Crippen LogP contribution in [0.25, 0.3) is 0 Å². The predicted molar refractivity (Wildman–Crippen MR) is 120 cm³/mol. The van der Waals surface area contributed by atoms with Crippen LogP contribution in [0, 0.1) is 36.2 Å². The molecule has 2 aromatic heterocycles. The molecule has 4 atom stereocenters. The van der Waals surface area contributed by atoms with Crippen molar-refractivity contribution in [2.24, 2.45) is 11.8 Å². The van der Waals surface area contributed by atoms with Crippen molar-refractivity contribution in [1.29, 1.82) is 0 Å². The van der Waals surface area contributed by atoms with Crippen LogP contribution in [0.15, 0.2) is 18.2 Å². The number of piperidine rings is 1. The van der Waals surface area contributed by atoms with Gasteiger partial charge >= 0.3 is 0 Å². The van der Waals surface area contributed by atoms with E-state index >= 15 is 0 Å². The van der Waals surface area contributed by atoms with Crippen LogP contribution in [-0.2, 0) is 6.54 Å². The number of nitrogens with zero attached hydrogens (tertiary/aromatic N) is 5. The van der Waals surface area contributed by atoms with Crippen LogP contribution in [0.3, 0.4) is 0 Å². The van der Waals surface area contributed by atoms with E-state index in [9.17, 15) is 13.2 Å². The van der Waals surface area contributed by atoms with E-state index in [4.69, 9.17) is 4.98 Å². The first-order valence-electron chi connectivity index (χ1n) is 11.5. The molecule has 2 fully saturated rings. The summed E-state index contributed by atoms with van der Waals surface area (Å²) >= 11 is 1.56. The molecular formula is C23H25F3N6S. The molecule has 2 aliphatic heterocycles. The maximum atomic E-state index is 14.5. The van der Waals surface area contributed by atoms with Gasteiger partial charge < -0.3 is 10.2 Å². The van der Waals surface area contributed by atoms with Gasteiger partial charge in [0.05, 0.1) is 5.69 Å². The lowest BCUT2D eigenvalue weighted by Crippen LogP contribution is -2.48. The molecule has 10 heteroatoms. The molecule has 6 rings (SSSR count). The summed E-state index contributed by atoms with van der Waals surface area (Å²) in [6.07, 6.45) is 3.72. The molecule has 0 amide bonds. The SMILES string of the molecule is Cc1cc(N2C[C@H]3CC[C@@H](C2)[C@@H]3Nc2nc3n(n2)CCCC3c2ccc(F)c(F)c2F)sn1. The van der Waals surface area contributed by atoms with Crippen molar-refractivity contribution in [3.8, 4) is 0 Å². The lowest BCUT2D eigenvalue weighted by molar-refractivity contribution is 0.377. The number of rotatable bonds is 4. The van der Waals surface area contributed by atoms with Gasteiger partial charge in [-0.15, -0.1) is 5.10 Å². The Morgan fingerprint density at radius 2 is 1.85 bits per heavy atom. The lowest BCUT2D eigenvalue weighted by atomic mass is 9.90. The van der Waals surface area contributed by atoms with Gasteiger partial charge in [-0.3, -0.25) is 0 Å². The highest BCUT2D eigenvalue weighted by atomic mass is 32.1. The second-order valence-electron chi connectivity index (χ2n) is 9.46. The molecule has 1 N–H and O–H groups in total. The van der Waals surface area contributed by atoms with Gasteiger partial charge in [-0.05, 0) is 68.1 Å². The van der Waals surface area contributed by atoms with Crippen LogP contribution in [-0.4, -0.2) is 38.3 Å². The zero-order valence-corrected chi connectivity index (χ0v) is 19.1. The second kappa shape index (κ2) is 8.00. The van der Waals surface area contributed by atoms with Crippen LogP contribution in [0.5, 0.6) is 0 Å². The molecule has 2 bridgehead atoms. The minimum Gasteiger partial charge on any atom is -0.361 e. The van der Waals surface area contributed by atoms with E-state index in [0.29, 0.717) is 36.6 Å². The van der Waals surface area contributed by atoms with E-state index in [1.807, 2.05) is 6.92 Å². The Morgan fingerprint density at radius 3 is 2.58 bits per heavy atom. The van der Waals surface area contributed by atoms with E-state index in [0.717, 1.165) is 44.1 Å². The Labute approximate surface area is 194 Å². The third kappa shape index (κ3) is 3.59. The molecule has 1 aromatic carbocycles. The fraction of sp³-hybridized carbons (Fsp3) is 0.522. The molecule has 4 heterocycles. The molecular weight excluding hydrogens is 449 g/mol. The third-order valence-electron chi connectivity index (χ3n) is 7.37. The minimum atomic E-state index is -1.43. The zero-order valence-electron chi connectivity index (χ0n) is 18.3. The zero-order chi connectivity index (χ0) is 22.7. The van der Waals surface area contributed by atoms with Crippen molar-refractivity contribution in [2.45, 2.75) is 51.1 Å². The number of halogens is 3. The number of fused-ring (bicyclic) bond motifs is 3. The lowest BCUT2D eigenvalue weighted by Gasteiger charge is -2.38. The van der Waals surface area contributed by atoms with Crippen LogP contribution in [0.2, 0.25) is 0 Å². The van der Waals surface area contributed by atoms with Crippen molar-refractivity contribution in [3.05, 3.63) is 52.7 Å². The first-order valence-corrected chi connectivity index (χ1v) is 12.3. The van der Waals surface area contributed by atoms with Crippen LogP contribution in [0.1, 0.15) is 48.7 Å². The summed E-state index contributed by atoms with van der Waals surface area (Å²) in [4.78, 5) is 7.15. The molecule has 1 aliphatic carbocycles. The topological polar surface area (TPSA) is 58.9 Å². The molecule has 0 spiro atoms. The quantitative estimate of drug-likeness (QED) is 0.555. The van der Waals surface area contributed by atoms with Crippen LogP contribution < -0.4 is 10.2 Å². The summed E-state index contributed by atoms with van der Waals surface area (Å²) in [7, 11) is 0. The number of aromatic nitrogens is 4. The van der Waals surface area contributed by atoms with Crippen LogP contribution in [0.4, 0.5) is 24.1 Å². The molecule has 1 unspecified atom stereocenters. The molecule has 3 aliphatic rings. The number of hydrogen-bond donors (Lipinski definition) is 1. The summed E-state index contributed by atoms with van der Waals surface area (Å²) in [6.45, 7) is 4.66. The molecule has 1 saturated carbocycles. The van der Waals surface area contributed by atoms with Gasteiger partial charge in [0, 0.05) is 37.2 Å². The highest BCUT2D eigenvalue weighted by molar-refractivity contribution is 7.10. The van der Waals surface area contributed by atoms with E-state index in [2.05, 4.69) is 25.8 Å². The summed E-state index contributed by atoms with van der Waals surface area (Å²) in [5.41, 5.74) is 1.20. The van der Waals surface area contributed by atoms with E-state index in [1.165, 1.54) is 11.1 Å². The maximum absolute atomic E-state index is 14.5. The Balaban J connectivity index is 1.22. The average molecular weight is 475 g/mol. The highest BCUT2D eigenvalue weighted by Gasteiger charge is 2.43. The van der Waals surface area contributed by atoms with Gasteiger partial charge in [0.25, 0.3) is 0 Å². The van der Waals surface area contributed by atoms with Gasteiger partial charge in [0.15, 0.2) is 17.5 Å². The third-order valence-corrected chi connectivity index (χ3v) is 8.31. The predicted octanol–water partition coefficient (Wildman–Crippen LogP) is 4.71. The highest BCUT2D eigenvalue weighted by Crippen LogP contribution is 2.41. The fourth-order valence-corrected chi connectivity index (χ4v) is 6.58. The Hall–Kier alpha value is -2.62. The molecule has 174 valence electrons. The number of nitrogens with one attached hydrogen (secondary N) is 1. The fourth-order valence-electron chi connectivity index (χ4n) is 5.80. The van der Waals surface area contributed by atoms with Crippen molar-refractivity contribution in [2.75, 3.05) is 23.3 Å². The summed E-state index contributed by atoms with van der Waals surface area (Å²) in [5.74, 6) is -2.03. The molecule has 3 aromatic rings. The van der Waals surface area contributed by atoms with Crippen molar-refractivity contribution < 1.29 is 13.2 Å². The van der Waals surface area contributed by atoms with E-state index in [-0.39, 0.29) is 11.6 Å². The summed E-state index contributed by atoms with van der Waals surface area (Å²) < 4.78 is 48.0. The first kappa shape index (κ1) is 20.9.